The first-order valence-corrected chi connectivity index (χ1v) is 8.48. The molecule has 6 heteroatoms. The summed E-state index contributed by atoms with van der Waals surface area (Å²) < 4.78 is 16.9. The minimum atomic E-state index is -0.187. The van der Waals surface area contributed by atoms with E-state index in [9.17, 15) is 4.79 Å². The van der Waals surface area contributed by atoms with Crippen LogP contribution in [0.3, 0.4) is 0 Å². The predicted molar refractivity (Wildman–Crippen MR) is 101 cm³/mol. The molecule has 0 aliphatic rings. The SMILES string of the molecule is COc1ccc(/C=C/C(=O)NCCOc2cccc(Br)c2)cc1OC. The maximum atomic E-state index is 11.8. The Morgan fingerprint density at radius 1 is 1.12 bits per heavy atom. The van der Waals surface area contributed by atoms with E-state index in [2.05, 4.69) is 21.2 Å². The van der Waals surface area contributed by atoms with E-state index in [0.29, 0.717) is 24.7 Å². The number of hydrogen-bond acceptors (Lipinski definition) is 4. The van der Waals surface area contributed by atoms with Gasteiger partial charge in [-0.2, -0.15) is 0 Å². The van der Waals surface area contributed by atoms with Crippen LogP contribution in [-0.4, -0.2) is 33.3 Å². The molecule has 1 amide bonds. The monoisotopic (exact) mass is 405 g/mol. The quantitative estimate of drug-likeness (QED) is 0.537. The third-order valence-electron chi connectivity index (χ3n) is 3.30. The zero-order chi connectivity index (χ0) is 18.1. The van der Waals surface area contributed by atoms with Crippen LogP contribution in [0.1, 0.15) is 5.56 Å². The van der Waals surface area contributed by atoms with Crippen molar-refractivity contribution in [2.24, 2.45) is 0 Å². The first-order valence-electron chi connectivity index (χ1n) is 7.68. The zero-order valence-electron chi connectivity index (χ0n) is 14.1. The number of benzene rings is 2. The number of ether oxygens (including phenoxy) is 3. The third-order valence-corrected chi connectivity index (χ3v) is 3.79. The number of nitrogens with one attached hydrogen (secondary N) is 1. The van der Waals surface area contributed by atoms with Crippen LogP contribution in [0.2, 0.25) is 0 Å². The van der Waals surface area contributed by atoms with Crippen LogP contribution in [0, 0.1) is 0 Å². The van der Waals surface area contributed by atoms with Crippen LogP contribution in [-0.2, 0) is 4.79 Å². The summed E-state index contributed by atoms with van der Waals surface area (Å²) >= 11 is 3.38. The fourth-order valence-electron chi connectivity index (χ4n) is 2.09. The molecule has 2 aromatic carbocycles. The topological polar surface area (TPSA) is 56.8 Å². The molecule has 0 unspecified atom stereocenters. The summed E-state index contributed by atoms with van der Waals surface area (Å²) in [4.78, 5) is 11.8. The highest BCUT2D eigenvalue weighted by atomic mass is 79.9. The van der Waals surface area contributed by atoms with E-state index >= 15 is 0 Å². The molecule has 1 N–H and O–H groups in total. The van der Waals surface area contributed by atoms with Crippen molar-refractivity contribution in [2.75, 3.05) is 27.4 Å². The molecule has 0 heterocycles. The van der Waals surface area contributed by atoms with Gasteiger partial charge in [0.05, 0.1) is 20.8 Å². The highest BCUT2D eigenvalue weighted by molar-refractivity contribution is 9.10. The van der Waals surface area contributed by atoms with Gasteiger partial charge in [-0.05, 0) is 42.0 Å². The number of amides is 1. The Morgan fingerprint density at radius 3 is 2.64 bits per heavy atom. The molecule has 0 aliphatic heterocycles. The maximum absolute atomic E-state index is 11.8. The predicted octanol–water partition coefficient (Wildman–Crippen LogP) is 3.67. The molecule has 0 saturated carbocycles. The number of halogens is 1. The molecule has 132 valence electrons. The smallest absolute Gasteiger partial charge is 0.244 e. The van der Waals surface area contributed by atoms with Crippen LogP contribution in [0.4, 0.5) is 0 Å². The highest BCUT2D eigenvalue weighted by Gasteiger charge is 2.03. The van der Waals surface area contributed by atoms with E-state index in [4.69, 9.17) is 14.2 Å². The van der Waals surface area contributed by atoms with E-state index in [-0.39, 0.29) is 5.91 Å². The molecule has 0 fully saturated rings. The van der Waals surface area contributed by atoms with Gasteiger partial charge in [0.2, 0.25) is 5.91 Å². The second-order valence-electron chi connectivity index (χ2n) is 5.04. The van der Waals surface area contributed by atoms with Gasteiger partial charge in [-0.15, -0.1) is 0 Å². The van der Waals surface area contributed by atoms with Gasteiger partial charge in [0.1, 0.15) is 12.4 Å². The van der Waals surface area contributed by atoms with Gasteiger partial charge in [-0.1, -0.05) is 28.1 Å². The minimum Gasteiger partial charge on any atom is -0.493 e. The van der Waals surface area contributed by atoms with Gasteiger partial charge in [0.25, 0.3) is 0 Å². The largest absolute Gasteiger partial charge is 0.493 e. The summed E-state index contributed by atoms with van der Waals surface area (Å²) in [6.45, 7) is 0.814. The molecular formula is C19H20BrNO4. The summed E-state index contributed by atoms with van der Waals surface area (Å²) in [6, 6.07) is 13.0. The zero-order valence-corrected chi connectivity index (χ0v) is 15.7. The molecule has 0 aliphatic carbocycles. The average molecular weight is 406 g/mol. The fourth-order valence-corrected chi connectivity index (χ4v) is 2.47. The molecule has 5 nitrogen and oxygen atoms in total. The average Bonchev–Trinajstić information content (AvgIpc) is 2.63. The molecule has 25 heavy (non-hydrogen) atoms. The molecule has 0 radical (unpaired) electrons. The Bertz CT molecular complexity index is 746. The van der Waals surface area contributed by atoms with Crippen molar-refractivity contribution < 1.29 is 19.0 Å². The Labute approximate surface area is 155 Å². The molecule has 2 rings (SSSR count). The van der Waals surface area contributed by atoms with E-state index in [1.165, 1.54) is 6.08 Å². The van der Waals surface area contributed by atoms with Crippen molar-refractivity contribution in [3.63, 3.8) is 0 Å². The molecule has 2 aromatic rings. The number of carbonyl (C=O) groups is 1. The van der Waals surface area contributed by atoms with E-state index in [0.717, 1.165) is 15.8 Å². The second-order valence-corrected chi connectivity index (χ2v) is 5.96. The van der Waals surface area contributed by atoms with Gasteiger partial charge in [0, 0.05) is 10.5 Å². The lowest BCUT2D eigenvalue weighted by molar-refractivity contribution is -0.116. The van der Waals surface area contributed by atoms with Crippen molar-refractivity contribution in [1.82, 2.24) is 5.32 Å². The maximum Gasteiger partial charge on any atom is 0.244 e. The van der Waals surface area contributed by atoms with Crippen molar-refractivity contribution >= 4 is 27.9 Å². The Morgan fingerprint density at radius 2 is 1.92 bits per heavy atom. The summed E-state index contributed by atoms with van der Waals surface area (Å²) in [5.41, 5.74) is 0.846. The van der Waals surface area contributed by atoms with Crippen molar-refractivity contribution in [3.8, 4) is 17.2 Å². The third kappa shape index (κ3) is 6.15. The first-order chi connectivity index (χ1) is 12.1. The van der Waals surface area contributed by atoms with Crippen molar-refractivity contribution in [3.05, 3.63) is 58.6 Å². The number of methoxy groups -OCH3 is 2. The van der Waals surface area contributed by atoms with Crippen LogP contribution in [0.5, 0.6) is 17.2 Å². The first kappa shape index (κ1) is 18.9. The molecule has 0 spiro atoms. The summed E-state index contributed by atoms with van der Waals surface area (Å²) in [5.74, 6) is 1.83. The molecule has 0 bridgehead atoms. The molecule has 0 atom stereocenters. The molecule has 0 saturated heterocycles. The van der Waals surface area contributed by atoms with Gasteiger partial charge >= 0.3 is 0 Å². The standard InChI is InChI=1S/C19H20BrNO4/c1-23-17-8-6-14(12-18(17)24-2)7-9-19(22)21-10-11-25-16-5-3-4-15(20)13-16/h3-9,12-13H,10-11H2,1-2H3,(H,21,22)/b9-7+. The number of hydrogen-bond donors (Lipinski definition) is 1. The van der Waals surface area contributed by atoms with E-state index < -0.39 is 0 Å². The lowest BCUT2D eigenvalue weighted by Crippen LogP contribution is -2.26. The van der Waals surface area contributed by atoms with Crippen LogP contribution < -0.4 is 19.5 Å². The number of rotatable bonds is 8. The summed E-state index contributed by atoms with van der Waals surface area (Å²) in [5, 5.41) is 2.77. The second kappa shape index (κ2) is 9.74. The van der Waals surface area contributed by atoms with Crippen molar-refractivity contribution in [1.29, 1.82) is 0 Å². The highest BCUT2D eigenvalue weighted by Crippen LogP contribution is 2.27. The van der Waals surface area contributed by atoms with Crippen LogP contribution in [0.25, 0.3) is 6.08 Å². The van der Waals surface area contributed by atoms with E-state index in [1.807, 2.05) is 30.3 Å². The Hall–Kier alpha value is -2.47. The minimum absolute atomic E-state index is 0.187. The van der Waals surface area contributed by atoms with Crippen molar-refractivity contribution in [2.45, 2.75) is 0 Å². The van der Waals surface area contributed by atoms with Gasteiger partial charge in [-0.25, -0.2) is 0 Å². The lowest BCUT2D eigenvalue weighted by Gasteiger charge is -2.08. The normalized spacial score (nSPS) is 10.5. The Balaban J connectivity index is 1.79. The van der Waals surface area contributed by atoms with E-state index in [1.54, 1.807) is 32.4 Å². The van der Waals surface area contributed by atoms with Gasteiger partial charge < -0.3 is 19.5 Å². The molecule has 0 aromatic heterocycles. The lowest BCUT2D eigenvalue weighted by atomic mass is 10.2. The summed E-state index contributed by atoms with van der Waals surface area (Å²) in [7, 11) is 3.15. The van der Waals surface area contributed by atoms with Gasteiger partial charge in [0.15, 0.2) is 11.5 Å². The molecular weight excluding hydrogens is 386 g/mol. The van der Waals surface area contributed by atoms with Gasteiger partial charge in [-0.3, -0.25) is 4.79 Å². The Kier molecular flexibility index (Phi) is 7.35. The van der Waals surface area contributed by atoms with Crippen LogP contribution >= 0.6 is 15.9 Å². The fraction of sp³-hybridized carbons (Fsp3) is 0.211. The van der Waals surface area contributed by atoms with Crippen LogP contribution in [0.15, 0.2) is 53.0 Å². The summed E-state index contributed by atoms with van der Waals surface area (Å²) in [6.07, 6.45) is 3.19. The number of carbonyl (C=O) groups excluding carboxylic acids is 1.